The topological polar surface area (TPSA) is 105 Å². The molecular formula is C25H24N4O3S. The van der Waals surface area contributed by atoms with Gasteiger partial charge in [-0.15, -0.1) is 0 Å². The van der Waals surface area contributed by atoms with Crippen molar-refractivity contribution in [2.45, 2.75) is 42.9 Å². The average molecular weight is 461 g/mol. The maximum Gasteiger partial charge on any atom is 0.255 e. The quantitative estimate of drug-likeness (QED) is 0.464. The number of carbonyl (C=O) groups is 1. The van der Waals surface area contributed by atoms with Gasteiger partial charge in [-0.25, -0.2) is 18.4 Å². The summed E-state index contributed by atoms with van der Waals surface area (Å²) in [7, 11) is -3.35. The summed E-state index contributed by atoms with van der Waals surface area (Å²) in [5.41, 5.74) is 5.16. The van der Waals surface area contributed by atoms with Crippen LogP contribution < -0.4 is 5.32 Å². The van der Waals surface area contributed by atoms with Crippen LogP contribution in [0.3, 0.4) is 0 Å². The first-order valence-corrected chi connectivity index (χ1v) is 12.5. The smallest absolute Gasteiger partial charge is 0.255 e. The third kappa shape index (κ3) is 3.80. The summed E-state index contributed by atoms with van der Waals surface area (Å²) in [6.07, 6.45) is 5.06. The monoisotopic (exact) mass is 460 g/mol. The molecule has 0 saturated heterocycles. The molecule has 8 heteroatoms. The number of aryl methyl sites for hydroxylation is 1. The minimum absolute atomic E-state index is 0.0229. The lowest BCUT2D eigenvalue weighted by atomic mass is 10.1. The highest BCUT2D eigenvalue weighted by Gasteiger charge is 2.25. The van der Waals surface area contributed by atoms with Crippen LogP contribution in [0.2, 0.25) is 0 Å². The van der Waals surface area contributed by atoms with Crippen LogP contribution in [0, 0.1) is 0 Å². The number of carbonyl (C=O) groups excluding carboxylic acids is 1. The molecule has 33 heavy (non-hydrogen) atoms. The van der Waals surface area contributed by atoms with Crippen LogP contribution in [0.5, 0.6) is 0 Å². The van der Waals surface area contributed by atoms with Gasteiger partial charge in [-0.3, -0.25) is 4.79 Å². The van der Waals surface area contributed by atoms with Gasteiger partial charge in [0.05, 0.1) is 33.6 Å². The molecule has 4 aromatic rings. The molecule has 7 nitrogen and oxygen atoms in total. The molecular weight excluding hydrogens is 436 g/mol. The number of nitrogens with one attached hydrogen (secondary N) is 2. The lowest BCUT2D eigenvalue weighted by Crippen LogP contribution is -2.27. The van der Waals surface area contributed by atoms with Crippen molar-refractivity contribution in [3.63, 3.8) is 0 Å². The molecule has 5 rings (SSSR count). The van der Waals surface area contributed by atoms with Gasteiger partial charge in [0.2, 0.25) is 0 Å². The summed E-state index contributed by atoms with van der Waals surface area (Å²) in [5, 5.41) is 2.64. The number of aromatic nitrogens is 3. The van der Waals surface area contributed by atoms with Crippen molar-refractivity contribution in [1.82, 2.24) is 20.3 Å². The first-order valence-electron chi connectivity index (χ1n) is 10.9. The van der Waals surface area contributed by atoms with Gasteiger partial charge in [0.25, 0.3) is 5.91 Å². The largest absolute Gasteiger partial charge is 0.345 e. The normalized spacial score (nSPS) is 15.7. The van der Waals surface area contributed by atoms with Crippen molar-refractivity contribution >= 4 is 26.9 Å². The van der Waals surface area contributed by atoms with E-state index in [9.17, 15) is 13.2 Å². The molecule has 2 heterocycles. The van der Waals surface area contributed by atoms with Gasteiger partial charge in [-0.05, 0) is 49.9 Å². The van der Waals surface area contributed by atoms with Crippen molar-refractivity contribution in [3.8, 4) is 11.3 Å². The van der Waals surface area contributed by atoms with Crippen molar-refractivity contribution in [2.24, 2.45) is 0 Å². The van der Waals surface area contributed by atoms with E-state index in [0.717, 1.165) is 24.0 Å². The molecule has 0 fully saturated rings. The van der Waals surface area contributed by atoms with Crippen LogP contribution in [0.4, 0.5) is 0 Å². The van der Waals surface area contributed by atoms with Crippen molar-refractivity contribution < 1.29 is 13.2 Å². The minimum atomic E-state index is -3.35. The van der Waals surface area contributed by atoms with Gasteiger partial charge in [-0.2, -0.15) is 0 Å². The lowest BCUT2D eigenvalue weighted by molar-refractivity contribution is 0.0938. The molecule has 1 aliphatic rings. The van der Waals surface area contributed by atoms with Gasteiger partial charge < -0.3 is 10.3 Å². The van der Waals surface area contributed by atoms with Gasteiger partial charge in [0, 0.05) is 11.8 Å². The number of aromatic amines is 1. The fourth-order valence-corrected chi connectivity index (χ4v) is 5.29. The van der Waals surface area contributed by atoms with E-state index in [1.165, 1.54) is 5.56 Å². The summed E-state index contributed by atoms with van der Waals surface area (Å²) in [5.74, 6) is -0.201. The van der Waals surface area contributed by atoms with Crippen LogP contribution in [0.15, 0.2) is 65.8 Å². The standard InChI is InChI=1S/C25H24N4O3S/c1-15(2)33(31,32)18-10-7-17(8-11-18)22-14-27-24-23(28-22)20(13-26-24)25(30)29-21-12-9-16-5-3-4-6-19(16)21/h3-8,10-11,13-15,21H,9,12H2,1-2H3,(H,26,27)(H,29,30). The maximum absolute atomic E-state index is 13.1. The Morgan fingerprint density at radius 1 is 1.12 bits per heavy atom. The van der Waals surface area contributed by atoms with E-state index >= 15 is 0 Å². The predicted octanol–water partition coefficient (Wildman–Crippen LogP) is 4.22. The van der Waals surface area contributed by atoms with E-state index in [0.29, 0.717) is 22.4 Å². The molecule has 0 bridgehead atoms. The molecule has 0 saturated carbocycles. The molecule has 1 unspecified atom stereocenters. The van der Waals surface area contributed by atoms with E-state index < -0.39 is 15.1 Å². The number of hydrogen-bond acceptors (Lipinski definition) is 5. The molecule has 168 valence electrons. The summed E-state index contributed by atoms with van der Waals surface area (Å²) in [6, 6.07) is 14.7. The zero-order valence-electron chi connectivity index (χ0n) is 18.4. The first-order chi connectivity index (χ1) is 15.8. The molecule has 2 aromatic carbocycles. The third-order valence-electron chi connectivity index (χ3n) is 6.16. The summed E-state index contributed by atoms with van der Waals surface area (Å²) in [4.78, 5) is 25.5. The molecule has 2 N–H and O–H groups in total. The fourth-order valence-electron chi connectivity index (χ4n) is 4.23. The van der Waals surface area contributed by atoms with Crippen molar-refractivity contribution in [2.75, 3.05) is 0 Å². The van der Waals surface area contributed by atoms with Crippen LogP contribution >= 0.6 is 0 Å². The zero-order valence-corrected chi connectivity index (χ0v) is 19.2. The van der Waals surface area contributed by atoms with Crippen LogP contribution in [0.1, 0.15) is 47.8 Å². The molecule has 2 aromatic heterocycles. The maximum atomic E-state index is 13.1. The Morgan fingerprint density at radius 3 is 2.64 bits per heavy atom. The Labute approximate surface area is 192 Å². The second kappa shape index (κ2) is 8.12. The second-order valence-electron chi connectivity index (χ2n) is 8.54. The van der Waals surface area contributed by atoms with E-state index in [2.05, 4.69) is 32.4 Å². The highest BCUT2D eigenvalue weighted by atomic mass is 32.2. The highest BCUT2D eigenvalue weighted by Crippen LogP contribution is 2.31. The molecule has 0 radical (unpaired) electrons. The highest BCUT2D eigenvalue weighted by molar-refractivity contribution is 7.92. The average Bonchev–Trinajstić information content (AvgIpc) is 3.43. The van der Waals surface area contributed by atoms with Gasteiger partial charge >= 0.3 is 0 Å². The lowest BCUT2D eigenvalue weighted by Gasteiger charge is -2.13. The third-order valence-corrected chi connectivity index (χ3v) is 8.33. The second-order valence-corrected chi connectivity index (χ2v) is 11.0. The Balaban J connectivity index is 1.43. The number of hydrogen-bond donors (Lipinski definition) is 2. The van der Waals surface area contributed by atoms with Crippen LogP contribution in [0.25, 0.3) is 22.4 Å². The molecule has 0 aliphatic heterocycles. The van der Waals surface area contributed by atoms with Crippen LogP contribution in [-0.4, -0.2) is 34.5 Å². The number of benzene rings is 2. The van der Waals surface area contributed by atoms with E-state index in [1.807, 2.05) is 12.1 Å². The SMILES string of the molecule is CC(C)S(=O)(=O)c1ccc(-c2cnc3[nH]cc(C(=O)NC4CCc5ccccc54)c3n2)cc1. The number of H-pyrrole nitrogens is 1. The Hall–Kier alpha value is -3.52. The number of rotatable bonds is 5. The first kappa shape index (κ1) is 21.3. The number of amides is 1. The van der Waals surface area contributed by atoms with Crippen LogP contribution in [-0.2, 0) is 16.3 Å². The molecule has 1 aliphatic carbocycles. The number of sulfone groups is 1. The van der Waals surface area contributed by atoms with Crippen molar-refractivity contribution in [3.05, 3.63) is 77.6 Å². The molecule has 1 atom stereocenters. The van der Waals surface area contributed by atoms with Crippen molar-refractivity contribution in [1.29, 1.82) is 0 Å². The Kier molecular flexibility index (Phi) is 5.25. The zero-order chi connectivity index (χ0) is 23.2. The van der Waals surface area contributed by atoms with E-state index in [1.54, 1.807) is 50.5 Å². The fraction of sp³-hybridized carbons (Fsp3) is 0.240. The number of nitrogens with zero attached hydrogens (tertiary/aromatic N) is 2. The van der Waals surface area contributed by atoms with E-state index in [-0.39, 0.29) is 16.8 Å². The molecule has 1 amide bonds. The summed E-state index contributed by atoms with van der Waals surface area (Å²) < 4.78 is 24.8. The predicted molar refractivity (Wildman–Crippen MR) is 127 cm³/mol. The molecule has 0 spiro atoms. The Bertz CT molecular complexity index is 1460. The summed E-state index contributed by atoms with van der Waals surface area (Å²) in [6.45, 7) is 3.32. The minimum Gasteiger partial charge on any atom is -0.345 e. The van der Waals surface area contributed by atoms with Gasteiger partial charge in [0.15, 0.2) is 15.5 Å². The summed E-state index contributed by atoms with van der Waals surface area (Å²) >= 11 is 0. The number of fused-ring (bicyclic) bond motifs is 2. The van der Waals surface area contributed by atoms with E-state index in [4.69, 9.17) is 0 Å². The van der Waals surface area contributed by atoms with Gasteiger partial charge in [-0.1, -0.05) is 36.4 Å². The Morgan fingerprint density at radius 2 is 1.88 bits per heavy atom. The van der Waals surface area contributed by atoms with Gasteiger partial charge in [0.1, 0.15) is 5.52 Å².